The molecule has 4 rings (SSSR count). The van der Waals surface area contributed by atoms with Gasteiger partial charge in [-0.05, 0) is 91.4 Å². The van der Waals surface area contributed by atoms with Crippen molar-refractivity contribution in [3.8, 4) is 5.75 Å². The van der Waals surface area contributed by atoms with Gasteiger partial charge in [-0.25, -0.2) is 8.42 Å². The zero-order chi connectivity index (χ0) is 24.3. The maximum atomic E-state index is 13.5. The van der Waals surface area contributed by atoms with Crippen molar-refractivity contribution < 1.29 is 17.9 Å². The van der Waals surface area contributed by atoms with Crippen molar-refractivity contribution in [2.45, 2.75) is 37.1 Å². The average molecular weight is 499 g/mol. The number of fused-ring (bicyclic) bond motifs is 1. The highest BCUT2D eigenvalue weighted by Crippen LogP contribution is 2.28. The van der Waals surface area contributed by atoms with E-state index >= 15 is 0 Å². The maximum absolute atomic E-state index is 13.5. The summed E-state index contributed by atoms with van der Waals surface area (Å²) in [4.78, 5) is 13.1. The Labute approximate surface area is 205 Å². The summed E-state index contributed by atoms with van der Waals surface area (Å²) in [6.45, 7) is 1.53. The average Bonchev–Trinajstić information content (AvgIpc) is 3.31. The van der Waals surface area contributed by atoms with Gasteiger partial charge >= 0.3 is 0 Å². The highest BCUT2D eigenvalue weighted by molar-refractivity contribution is 7.92. The van der Waals surface area contributed by atoms with E-state index in [9.17, 15) is 13.2 Å². The molecule has 3 aromatic carbocycles. The van der Waals surface area contributed by atoms with E-state index in [-0.39, 0.29) is 17.5 Å². The van der Waals surface area contributed by atoms with E-state index in [1.54, 1.807) is 36.4 Å². The molecule has 0 heterocycles. The third-order valence-corrected chi connectivity index (χ3v) is 8.09. The molecule has 34 heavy (non-hydrogen) atoms. The Morgan fingerprint density at radius 1 is 1.03 bits per heavy atom. The second kappa shape index (κ2) is 10.1. The molecule has 178 valence electrons. The van der Waals surface area contributed by atoms with Crippen LogP contribution in [0.1, 0.15) is 36.1 Å². The number of rotatable bonds is 8. The zero-order valence-corrected chi connectivity index (χ0v) is 20.7. The number of anilines is 1. The fourth-order valence-electron chi connectivity index (χ4n) is 4.16. The van der Waals surface area contributed by atoms with Crippen molar-refractivity contribution in [3.05, 3.63) is 88.4 Å². The standard InChI is InChI=1S/C26H27ClN2O4S/c1-18(20-7-6-19-4-3-5-21(19)16-20)28-26(30)17-29(23-10-8-22(27)9-11-23)34(31,32)25-14-12-24(33-2)13-15-25/h6-16,18H,3-5,17H2,1-2H3,(H,28,30)/t18-/m1/s1. The number of nitrogens with one attached hydrogen (secondary N) is 1. The number of hydrogen-bond donors (Lipinski definition) is 1. The molecule has 6 nitrogen and oxygen atoms in total. The summed E-state index contributed by atoms with van der Waals surface area (Å²) >= 11 is 6.00. The number of sulfonamides is 1. The maximum Gasteiger partial charge on any atom is 0.264 e. The van der Waals surface area contributed by atoms with Crippen molar-refractivity contribution in [1.82, 2.24) is 5.32 Å². The van der Waals surface area contributed by atoms with E-state index in [1.807, 2.05) is 13.0 Å². The second-order valence-electron chi connectivity index (χ2n) is 8.33. The molecule has 0 aromatic heterocycles. The van der Waals surface area contributed by atoms with Crippen LogP contribution in [0, 0.1) is 0 Å². The Bertz CT molecular complexity index is 1280. The number of halogens is 1. The van der Waals surface area contributed by atoms with Gasteiger partial charge in [-0.3, -0.25) is 9.10 Å². The largest absolute Gasteiger partial charge is 0.497 e. The van der Waals surface area contributed by atoms with Crippen LogP contribution in [0.25, 0.3) is 0 Å². The number of aryl methyl sites for hydroxylation is 2. The predicted octanol–water partition coefficient (Wildman–Crippen LogP) is 4.91. The van der Waals surface area contributed by atoms with Gasteiger partial charge in [0.2, 0.25) is 5.91 Å². The molecule has 1 N–H and O–H groups in total. The van der Waals surface area contributed by atoms with Gasteiger partial charge < -0.3 is 10.1 Å². The number of carbonyl (C=O) groups is 1. The molecule has 1 atom stereocenters. The Balaban J connectivity index is 1.57. The zero-order valence-electron chi connectivity index (χ0n) is 19.1. The Hall–Kier alpha value is -3.03. The highest BCUT2D eigenvalue weighted by Gasteiger charge is 2.28. The first-order chi connectivity index (χ1) is 16.3. The summed E-state index contributed by atoms with van der Waals surface area (Å²) < 4.78 is 33.2. The molecular formula is C26H27ClN2O4S. The van der Waals surface area contributed by atoms with Crippen LogP contribution in [-0.2, 0) is 27.7 Å². The molecule has 0 aliphatic heterocycles. The molecule has 0 bridgehead atoms. The minimum Gasteiger partial charge on any atom is -0.497 e. The van der Waals surface area contributed by atoms with Gasteiger partial charge in [-0.15, -0.1) is 0 Å². The minimum absolute atomic E-state index is 0.0581. The Kier molecular flexibility index (Phi) is 7.14. The van der Waals surface area contributed by atoms with Crippen LogP contribution in [0.5, 0.6) is 5.75 Å². The van der Waals surface area contributed by atoms with E-state index in [1.165, 1.54) is 30.4 Å². The quantitative estimate of drug-likeness (QED) is 0.478. The van der Waals surface area contributed by atoms with Gasteiger partial charge in [-0.1, -0.05) is 29.8 Å². The van der Waals surface area contributed by atoms with Crippen molar-refractivity contribution in [2.24, 2.45) is 0 Å². The summed E-state index contributed by atoms with van der Waals surface area (Å²) in [5.41, 5.74) is 4.04. The number of benzene rings is 3. The topological polar surface area (TPSA) is 75.7 Å². The number of ether oxygens (including phenoxy) is 1. The lowest BCUT2D eigenvalue weighted by Crippen LogP contribution is -2.41. The van der Waals surface area contributed by atoms with Gasteiger partial charge in [-0.2, -0.15) is 0 Å². The first-order valence-corrected chi connectivity index (χ1v) is 12.9. The molecule has 1 aliphatic carbocycles. The third-order valence-electron chi connectivity index (χ3n) is 6.05. The summed E-state index contributed by atoms with van der Waals surface area (Å²) in [5.74, 6) is 0.137. The van der Waals surface area contributed by atoms with Gasteiger partial charge in [0.1, 0.15) is 12.3 Å². The van der Waals surface area contributed by atoms with Gasteiger partial charge in [0.05, 0.1) is 23.7 Å². The Morgan fingerprint density at radius 2 is 1.71 bits per heavy atom. The molecule has 1 aliphatic rings. The van der Waals surface area contributed by atoms with Crippen LogP contribution in [0.3, 0.4) is 0 Å². The van der Waals surface area contributed by atoms with Gasteiger partial charge in [0.25, 0.3) is 10.0 Å². The van der Waals surface area contributed by atoms with Crippen LogP contribution >= 0.6 is 11.6 Å². The molecule has 0 spiro atoms. The fourth-order valence-corrected chi connectivity index (χ4v) is 5.71. The molecule has 0 unspecified atom stereocenters. The lowest BCUT2D eigenvalue weighted by molar-refractivity contribution is -0.120. The molecule has 3 aromatic rings. The van der Waals surface area contributed by atoms with Crippen LogP contribution in [0.2, 0.25) is 5.02 Å². The van der Waals surface area contributed by atoms with Crippen LogP contribution in [0.4, 0.5) is 5.69 Å². The second-order valence-corrected chi connectivity index (χ2v) is 10.6. The van der Waals surface area contributed by atoms with Gasteiger partial charge in [0, 0.05) is 5.02 Å². The van der Waals surface area contributed by atoms with Gasteiger partial charge in [0.15, 0.2) is 0 Å². The van der Waals surface area contributed by atoms with Crippen molar-refractivity contribution in [2.75, 3.05) is 18.0 Å². The first-order valence-electron chi connectivity index (χ1n) is 11.1. The summed E-state index contributed by atoms with van der Waals surface area (Å²) in [6.07, 6.45) is 3.29. The number of amides is 1. The van der Waals surface area contributed by atoms with Crippen molar-refractivity contribution in [3.63, 3.8) is 0 Å². The number of methoxy groups -OCH3 is 1. The first kappa shape index (κ1) is 24.1. The van der Waals surface area contributed by atoms with Crippen LogP contribution in [-0.4, -0.2) is 28.0 Å². The summed E-state index contributed by atoms with van der Waals surface area (Å²) in [5, 5.41) is 3.42. The Morgan fingerprint density at radius 3 is 2.38 bits per heavy atom. The molecule has 8 heteroatoms. The number of nitrogens with zero attached hydrogens (tertiary/aromatic N) is 1. The van der Waals surface area contributed by atoms with Crippen molar-refractivity contribution >= 4 is 33.2 Å². The lowest BCUT2D eigenvalue weighted by Gasteiger charge is -2.25. The van der Waals surface area contributed by atoms with Crippen LogP contribution in [0.15, 0.2) is 71.6 Å². The summed E-state index contributed by atoms with van der Waals surface area (Å²) in [7, 11) is -2.51. The molecule has 0 fully saturated rings. The van der Waals surface area contributed by atoms with Crippen molar-refractivity contribution in [1.29, 1.82) is 0 Å². The highest BCUT2D eigenvalue weighted by atomic mass is 35.5. The number of carbonyl (C=O) groups excluding carboxylic acids is 1. The molecular weight excluding hydrogens is 472 g/mol. The smallest absolute Gasteiger partial charge is 0.264 e. The SMILES string of the molecule is COc1ccc(S(=O)(=O)N(CC(=O)N[C@H](C)c2ccc3c(c2)CCC3)c2ccc(Cl)cc2)cc1. The minimum atomic E-state index is -4.02. The molecule has 0 saturated heterocycles. The van der Waals surface area contributed by atoms with Crippen LogP contribution < -0.4 is 14.4 Å². The monoisotopic (exact) mass is 498 g/mol. The normalized spacial score (nSPS) is 13.7. The molecule has 0 radical (unpaired) electrons. The number of hydrogen-bond acceptors (Lipinski definition) is 4. The van der Waals surface area contributed by atoms with E-state index in [2.05, 4.69) is 17.4 Å². The predicted molar refractivity (Wildman–Crippen MR) is 134 cm³/mol. The molecule has 1 amide bonds. The molecule has 0 saturated carbocycles. The van der Waals surface area contributed by atoms with E-state index in [0.717, 1.165) is 29.1 Å². The summed E-state index contributed by atoms with van der Waals surface area (Å²) in [6, 6.07) is 18.5. The lowest BCUT2D eigenvalue weighted by atomic mass is 10.0. The fraction of sp³-hybridized carbons (Fsp3) is 0.269. The third kappa shape index (κ3) is 5.21. The van der Waals surface area contributed by atoms with E-state index in [0.29, 0.717) is 16.5 Å². The van der Waals surface area contributed by atoms with E-state index < -0.39 is 15.9 Å². The van der Waals surface area contributed by atoms with E-state index in [4.69, 9.17) is 16.3 Å².